The highest BCUT2D eigenvalue weighted by Crippen LogP contribution is 2.29. The van der Waals surface area contributed by atoms with E-state index < -0.39 is 0 Å². The van der Waals surface area contributed by atoms with E-state index >= 15 is 0 Å². The number of halogens is 1. The number of aromatic nitrogens is 1. The Kier molecular flexibility index (Phi) is 5.76. The zero-order valence-corrected chi connectivity index (χ0v) is 16.0. The summed E-state index contributed by atoms with van der Waals surface area (Å²) < 4.78 is 11.3. The highest BCUT2D eigenvalue weighted by Gasteiger charge is 2.30. The predicted molar refractivity (Wildman–Crippen MR) is 104 cm³/mol. The maximum Gasteiger partial charge on any atom is 0.260 e. The third kappa shape index (κ3) is 4.18. The molecule has 4 rings (SSSR count). The molecule has 0 unspecified atom stereocenters. The number of hydrogen-bond acceptors (Lipinski definition) is 5. The van der Waals surface area contributed by atoms with Crippen LogP contribution in [0.1, 0.15) is 12.8 Å². The first kappa shape index (κ1) is 18.5. The number of fused-ring (bicyclic) bond motifs is 1. The van der Waals surface area contributed by atoms with Gasteiger partial charge in [-0.1, -0.05) is 11.6 Å². The smallest absolute Gasteiger partial charge is 0.260 e. The SMILES string of the molecule is O=C(COc1ccc(Cl)c2cccnc12)N1CCC[C@H]1CN1CCOCC1. The molecule has 2 aliphatic heterocycles. The fourth-order valence-corrected chi connectivity index (χ4v) is 4.10. The van der Waals surface area contributed by atoms with Gasteiger partial charge in [-0.3, -0.25) is 14.7 Å². The molecule has 0 saturated carbocycles. The molecule has 0 bridgehead atoms. The number of amides is 1. The summed E-state index contributed by atoms with van der Waals surface area (Å²) >= 11 is 6.22. The molecule has 0 radical (unpaired) electrons. The van der Waals surface area contributed by atoms with Gasteiger partial charge in [-0.25, -0.2) is 0 Å². The molecule has 6 nitrogen and oxygen atoms in total. The third-order valence-corrected chi connectivity index (χ3v) is 5.63. The Morgan fingerprint density at radius 3 is 2.96 bits per heavy atom. The molecule has 3 heterocycles. The highest BCUT2D eigenvalue weighted by molar-refractivity contribution is 6.35. The van der Waals surface area contributed by atoms with E-state index in [2.05, 4.69) is 9.88 Å². The van der Waals surface area contributed by atoms with Gasteiger partial charge in [0.15, 0.2) is 6.61 Å². The lowest BCUT2D eigenvalue weighted by molar-refractivity contribution is -0.134. The molecule has 1 amide bonds. The van der Waals surface area contributed by atoms with Crippen LogP contribution < -0.4 is 4.74 Å². The second-order valence-corrected chi connectivity index (χ2v) is 7.44. The largest absolute Gasteiger partial charge is 0.481 e. The summed E-state index contributed by atoms with van der Waals surface area (Å²) in [5, 5.41) is 1.46. The van der Waals surface area contributed by atoms with Crippen LogP contribution in [0.5, 0.6) is 5.75 Å². The molecule has 1 atom stereocenters. The number of carbonyl (C=O) groups excluding carboxylic acids is 1. The number of likely N-dealkylation sites (tertiary alicyclic amines) is 1. The van der Waals surface area contributed by atoms with Crippen molar-refractivity contribution in [2.24, 2.45) is 0 Å². The summed E-state index contributed by atoms with van der Waals surface area (Å²) in [5.41, 5.74) is 0.684. The molecule has 27 heavy (non-hydrogen) atoms. The fraction of sp³-hybridized carbons (Fsp3) is 0.500. The summed E-state index contributed by atoms with van der Waals surface area (Å²) in [6, 6.07) is 7.56. The van der Waals surface area contributed by atoms with E-state index in [1.807, 2.05) is 17.0 Å². The molecule has 2 fully saturated rings. The number of rotatable bonds is 5. The molecular formula is C20H24ClN3O3. The number of nitrogens with zero attached hydrogens (tertiary/aromatic N) is 3. The van der Waals surface area contributed by atoms with Gasteiger partial charge in [0.2, 0.25) is 0 Å². The van der Waals surface area contributed by atoms with Crippen molar-refractivity contribution in [3.63, 3.8) is 0 Å². The molecule has 1 aromatic heterocycles. The Balaban J connectivity index is 1.39. The third-order valence-electron chi connectivity index (χ3n) is 5.30. The van der Waals surface area contributed by atoms with Gasteiger partial charge in [-0.05, 0) is 37.1 Å². The molecule has 2 saturated heterocycles. The molecule has 0 N–H and O–H groups in total. The van der Waals surface area contributed by atoms with E-state index in [1.165, 1.54) is 0 Å². The van der Waals surface area contributed by atoms with Gasteiger partial charge in [-0.2, -0.15) is 0 Å². The van der Waals surface area contributed by atoms with E-state index in [1.54, 1.807) is 18.3 Å². The van der Waals surface area contributed by atoms with Crippen LogP contribution in [0.4, 0.5) is 0 Å². The topological polar surface area (TPSA) is 54.9 Å². The summed E-state index contributed by atoms with van der Waals surface area (Å²) in [6.07, 6.45) is 3.80. The Morgan fingerprint density at radius 1 is 1.26 bits per heavy atom. The molecule has 2 aromatic rings. The monoisotopic (exact) mass is 389 g/mol. The van der Waals surface area contributed by atoms with Crippen LogP contribution in [0.25, 0.3) is 10.9 Å². The number of ether oxygens (including phenoxy) is 2. The average Bonchev–Trinajstić information content (AvgIpc) is 3.16. The van der Waals surface area contributed by atoms with Crippen molar-refractivity contribution in [3.8, 4) is 5.75 Å². The number of benzene rings is 1. The van der Waals surface area contributed by atoms with Crippen LogP contribution in [0.3, 0.4) is 0 Å². The van der Waals surface area contributed by atoms with E-state index in [0.717, 1.165) is 57.6 Å². The van der Waals surface area contributed by atoms with Crippen LogP contribution in [-0.4, -0.2) is 72.7 Å². The molecule has 0 aliphatic carbocycles. The van der Waals surface area contributed by atoms with Gasteiger partial charge in [-0.15, -0.1) is 0 Å². The van der Waals surface area contributed by atoms with Crippen LogP contribution in [0, 0.1) is 0 Å². The van der Waals surface area contributed by atoms with Crippen molar-refractivity contribution in [2.45, 2.75) is 18.9 Å². The molecular weight excluding hydrogens is 366 g/mol. The Labute approximate surface area is 164 Å². The van der Waals surface area contributed by atoms with Gasteiger partial charge in [0.25, 0.3) is 5.91 Å². The molecule has 2 aliphatic rings. The number of carbonyl (C=O) groups is 1. The lowest BCUT2D eigenvalue weighted by Crippen LogP contribution is -2.47. The van der Waals surface area contributed by atoms with Crippen molar-refractivity contribution in [1.29, 1.82) is 0 Å². The van der Waals surface area contributed by atoms with Crippen molar-refractivity contribution >= 4 is 28.4 Å². The van der Waals surface area contributed by atoms with Crippen LogP contribution in [0.15, 0.2) is 30.5 Å². The zero-order valence-electron chi connectivity index (χ0n) is 15.3. The van der Waals surface area contributed by atoms with Gasteiger partial charge >= 0.3 is 0 Å². The van der Waals surface area contributed by atoms with Crippen molar-refractivity contribution in [2.75, 3.05) is 46.0 Å². The molecule has 1 aromatic carbocycles. The Morgan fingerprint density at radius 2 is 2.11 bits per heavy atom. The second-order valence-electron chi connectivity index (χ2n) is 7.03. The Bertz CT molecular complexity index is 810. The van der Waals surface area contributed by atoms with Gasteiger partial charge in [0.1, 0.15) is 11.3 Å². The van der Waals surface area contributed by atoms with Gasteiger partial charge < -0.3 is 14.4 Å². The highest BCUT2D eigenvalue weighted by atomic mass is 35.5. The lowest BCUT2D eigenvalue weighted by atomic mass is 10.2. The van der Waals surface area contributed by atoms with E-state index in [0.29, 0.717) is 16.3 Å². The van der Waals surface area contributed by atoms with Crippen molar-refractivity contribution in [3.05, 3.63) is 35.5 Å². The maximum absolute atomic E-state index is 12.8. The summed E-state index contributed by atoms with van der Waals surface area (Å²) in [4.78, 5) is 21.5. The van der Waals surface area contributed by atoms with Crippen LogP contribution >= 0.6 is 11.6 Å². The first-order valence-corrected chi connectivity index (χ1v) is 9.86. The van der Waals surface area contributed by atoms with Crippen molar-refractivity contribution in [1.82, 2.24) is 14.8 Å². The molecule has 0 spiro atoms. The number of morpholine rings is 1. The standard InChI is InChI=1S/C20H24ClN3O3/c21-17-5-6-18(20-16(17)4-1-7-22-20)27-14-19(25)24-8-2-3-15(24)13-23-9-11-26-12-10-23/h1,4-7,15H,2-3,8-14H2/t15-/m0/s1. The van der Waals surface area contributed by atoms with E-state index in [9.17, 15) is 4.79 Å². The lowest BCUT2D eigenvalue weighted by Gasteiger charge is -2.32. The predicted octanol–water partition coefficient (Wildman–Crippen LogP) is 2.59. The maximum atomic E-state index is 12.8. The summed E-state index contributed by atoms with van der Waals surface area (Å²) in [7, 11) is 0. The normalized spacial score (nSPS) is 20.9. The minimum Gasteiger partial charge on any atom is -0.481 e. The van der Waals surface area contributed by atoms with Crippen molar-refractivity contribution < 1.29 is 14.3 Å². The molecule has 7 heteroatoms. The van der Waals surface area contributed by atoms with Gasteiger partial charge in [0.05, 0.1) is 18.2 Å². The molecule has 144 valence electrons. The summed E-state index contributed by atoms with van der Waals surface area (Å²) in [5.74, 6) is 0.622. The number of hydrogen-bond donors (Lipinski definition) is 0. The summed E-state index contributed by atoms with van der Waals surface area (Å²) in [6.45, 7) is 5.18. The number of pyridine rings is 1. The minimum absolute atomic E-state index is 0.0208. The quantitative estimate of drug-likeness (QED) is 0.786. The van der Waals surface area contributed by atoms with Gasteiger partial charge in [0, 0.05) is 43.8 Å². The fourth-order valence-electron chi connectivity index (χ4n) is 3.89. The van der Waals surface area contributed by atoms with Crippen LogP contribution in [0.2, 0.25) is 5.02 Å². The van der Waals surface area contributed by atoms with E-state index in [4.69, 9.17) is 21.1 Å². The van der Waals surface area contributed by atoms with Crippen LogP contribution in [-0.2, 0) is 9.53 Å². The minimum atomic E-state index is 0.0208. The average molecular weight is 390 g/mol. The second kappa shape index (κ2) is 8.42. The first-order chi connectivity index (χ1) is 13.2. The Hall–Kier alpha value is -1.89. The van der Waals surface area contributed by atoms with E-state index in [-0.39, 0.29) is 18.6 Å². The first-order valence-electron chi connectivity index (χ1n) is 9.48. The zero-order chi connectivity index (χ0) is 18.6.